The second-order valence-corrected chi connectivity index (χ2v) is 5.92. The van der Waals surface area contributed by atoms with Crippen molar-refractivity contribution in [2.45, 2.75) is 6.54 Å². The lowest BCUT2D eigenvalue weighted by Crippen LogP contribution is -2.00. The summed E-state index contributed by atoms with van der Waals surface area (Å²) < 4.78 is 0.645. The van der Waals surface area contributed by atoms with Crippen LogP contribution in [0.5, 0.6) is 5.75 Å². The van der Waals surface area contributed by atoms with Crippen molar-refractivity contribution in [2.75, 3.05) is 5.32 Å². The third-order valence-electron chi connectivity index (χ3n) is 2.55. The molecule has 0 fully saturated rings. The fourth-order valence-electron chi connectivity index (χ4n) is 1.55. The second kappa shape index (κ2) is 6.23. The van der Waals surface area contributed by atoms with Gasteiger partial charge in [0, 0.05) is 12.1 Å². The van der Waals surface area contributed by atoms with Gasteiger partial charge in [-0.25, -0.2) is 0 Å². The lowest BCUT2D eigenvalue weighted by Gasteiger charge is -2.11. The van der Waals surface area contributed by atoms with E-state index in [9.17, 15) is 5.11 Å². The smallest absolute Gasteiger partial charge is 0.134 e. The molecule has 0 bridgehead atoms. The van der Waals surface area contributed by atoms with Gasteiger partial charge in [0.15, 0.2) is 0 Å². The number of benzene rings is 2. The summed E-state index contributed by atoms with van der Waals surface area (Å²) in [6, 6.07) is 8.66. The SMILES string of the molecule is Oc1c(Br)cccc1CNc1cc(Cl)c(Cl)cc1Cl. The van der Waals surface area contributed by atoms with E-state index in [1.54, 1.807) is 18.2 Å². The summed E-state index contributed by atoms with van der Waals surface area (Å²) in [6.07, 6.45) is 0. The lowest BCUT2D eigenvalue weighted by molar-refractivity contribution is 0.465. The first-order valence-electron chi connectivity index (χ1n) is 5.34. The number of phenols is 1. The molecule has 6 heteroatoms. The molecule has 2 rings (SSSR count). The first-order chi connectivity index (χ1) is 8.99. The Hall–Kier alpha value is -0.610. The van der Waals surface area contributed by atoms with Gasteiger partial charge in [-0.2, -0.15) is 0 Å². The second-order valence-electron chi connectivity index (χ2n) is 3.85. The Morgan fingerprint density at radius 1 is 1.05 bits per heavy atom. The maximum absolute atomic E-state index is 9.88. The maximum atomic E-state index is 9.88. The topological polar surface area (TPSA) is 32.3 Å². The normalized spacial score (nSPS) is 10.5. The number of aromatic hydroxyl groups is 1. The quantitative estimate of drug-likeness (QED) is 0.666. The van der Waals surface area contributed by atoms with Crippen LogP contribution in [0.4, 0.5) is 5.69 Å². The Morgan fingerprint density at radius 3 is 2.47 bits per heavy atom. The Morgan fingerprint density at radius 2 is 1.74 bits per heavy atom. The van der Waals surface area contributed by atoms with Crippen molar-refractivity contribution in [1.29, 1.82) is 0 Å². The molecule has 0 amide bonds. The molecule has 0 saturated heterocycles. The Kier molecular flexibility index (Phi) is 4.85. The molecule has 0 saturated carbocycles. The highest BCUT2D eigenvalue weighted by molar-refractivity contribution is 9.10. The van der Waals surface area contributed by atoms with E-state index in [1.807, 2.05) is 12.1 Å². The standard InChI is InChI=1S/C13H9BrCl3NO/c14-8-3-1-2-7(13(8)19)6-18-12-5-10(16)9(15)4-11(12)17/h1-5,18-19H,6H2. The molecule has 0 spiro atoms. The zero-order valence-electron chi connectivity index (χ0n) is 9.55. The number of para-hydroxylation sites is 1. The summed E-state index contributed by atoms with van der Waals surface area (Å²) >= 11 is 21.1. The molecular formula is C13H9BrCl3NO. The zero-order valence-corrected chi connectivity index (χ0v) is 13.4. The van der Waals surface area contributed by atoms with Gasteiger partial charge in [0.25, 0.3) is 0 Å². The summed E-state index contributed by atoms with van der Waals surface area (Å²) in [5, 5.41) is 14.3. The third-order valence-corrected chi connectivity index (χ3v) is 4.22. The highest BCUT2D eigenvalue weighted by Crippen LogP contribution is 2.33. The number of anilines is 1. The number of hydrogen-bond acceptors (Lipinski definition) is 2. The van der Waals surface area contributed by atoms with Crippen LogP contribution in [0.3, 0.4) is 0 Å². The van der Waals surface area contributed by atoms with E-state index in [0.29, 0.717) is 31.8 Å². The largest absolute Gasteiger partial charge is 0.506 e. The number of nitrogens with one attached hydrogen (secondary N) is 1. The molecular weight excluding hydrogens is 372 g/mol. The van der Waals surface area contributed by atoms with Crippen LogP contribution in [-0.4, -0.2) is 5.11 Å². The first-order valence-corrected chi connectivity index (χ1v) is 7.26. The maximum Gasteiger partial charge on any atom is 0.134 e. The first kappa shape index (κ1) is 14.8. The molecule has 0 heterocycles. The van der Waals surface area contributed by atoms with Gasteiger partial charge < -0.3 is 10.4 Å². The minimum Gasteiger partial charge on any atom is -0.506 e. The van der Waals surface area contributed by atoms with Crippen LogP contribution in [0.25, 0.3) is 0 Å². The summed E-state index contributed by atoms with van der Waals surface area (Å²) in [4.78, 5) is 0. The molecule has 2 aromatic rings. The fraction of sp³-hybridized carbons (Fsp3) is 0.0769. The molecule has 0 unspecified atom stereocenters. The van der Waals surface area contributed by atoms with Crippen LogP contribution in [0.1, 0.15) is 5.56 Å². The van der Waals surface area contributed by atoms with Crippen LogP contribution in [0, 0.1) is 0 Å². The molecule has 100 valence electrons. The van der Waals surface area contributed by atoms with Gasteiger partial charge in [0.1, 0.15) is 5.75 Å². The summed E-state index contributed by atoms with van der Waals surface area (Å²) in [5.41, 5.74) is 1.41. The summed E-state index contributed by atoms with van der Waals surface area (Å²) in [6.45, 7) is 0.420. The summed E-state index contributed by atoms with van der Waals surface area (Å²) in [5.74, 6) is 0.200. The number of hydrogen-bond donors (Lipinski definition) is 2. The monoisotopic (exact) mass is 379 g/mol. The van der Waals surface area contributed by atoms with Crippen molar-refractivity contribution in [1.82, 2.24) is 0 Å². The Bertz CT molecular complexity index is 619. The van der Waals surface area contributed by atoms with E-state index < -0.39 is 0 Å². The van der Waals surface area contributed by atoms with E-state index in [2.05, 4.69) is 21.2 Å². The van der Waals surface area contributed by atoms with Gasteiger partial charge in [-0.05, 0) is 34.1 Å². The van der Waals surface area contributed by atoms with Crippen LogP contribution in [0.2, 0.25) is 15.1 Å². The summed E-state index contributed by atoms with van der Waals surface area (Å²) in [7, 11) is 0. The van der Waals surface area contributed by atoms with E-state index in [0.717, 1.165) is 5.56 Å². The molecule has 0 aliphatic rings. The van der Waals surface area contributed by atoms with Crippen LogP contribution < -0.4 is 5.32 Å². The third kappa shape index (κ3) is 3.48. The van der Waals surface area contributed by atoms with E-state index in [1.165, 1.54) is 0 Å². The Labute approximate surface area is 134 Å². The van der Waals surface area contributed by atoms with Crippen molar-refractivity contribution in [2.24, 2.45) is 0 Å². The van der Waals surface area contributed by atoms with Crippen molar-refractivity contribution < 1.29 is 5.11 Å². The molecule has 0 radical (unpaired) electrons. The van der Waals surface area contributed by atoms with Crippen molar-refractivity contribution in [3.8, 4) is 5.75 Å². The zero-order chi connectivity index (χ0) is 14.0. The van der Waals surface area contributed by atoms with Crippen LogP contribution in [-0.2, 0) is 6.54 Å². The van der Waals surface area contributed by atoms with Gasteiger partial charge in [-0.3, -0.25) is 0 Å². The average molecular weight is 381 g/mol. The van der Waals surface area contributed by atoms with Crippen molar-refractivity contribution in [3.05, 3.63) is 55.4 Å². The fourth-order valence-corrected chi connectivity index (χ4v) is 2.57. The van der Waals surface area contributed by atoms with Gasteiger partial charge in [0.05, 0.1) is 25.2 Å². The Balaban J connectivity index is 2.19. The van der Waals surface area contributed by atoms with Gasteiger partial charge in [-0.15, -0.1) is 0 Å². The molecule has 2 N–H and O–H groups in total. The van der Waals surface area contributed by atoms with Gasteiger partial charge in [-0.1, -0.05) is 46.9 Å². The van der Waals surface area contributed by atoms with Crippen molar-refractivity contribution >= 4 is 56.4 Å². The van der Waals surface area contributed by atoms with E-state index in [4.69, 9.17) is 34.8 Å². The van der Waals surface area contributed by atoms with Gasteiger partial charge >= 0.3 is 0 Å². The molecule has 0 aromatic heterocycles. The van der Waals surface area contributed by atoms with Crippen molar-refractivity contribution in [3.63, 3.8) is 0 Å². The molecule has 2 nitrogen and oxygen atoms in total. The highest BCUT2D eigenvalue weighted by Gasteiger charge is 2.08. The molecule has 0 aliphatic carbocycles. The molecule has 2 aromatic carbocycles. The lowest BCUT2D eigenvalue weighted by atomic mass is 10.2. The minimum absolute atomic E-state index is 0.200. The number of halogens is 4. The number of rotatable bonds is 3. The predicted octanol–water partition coefficient (Wildman–Crippen LogP) is 5.73. The molecule has 19 heavy (non-hydrogen) atoms. The highest BCUT2D eigenvalue weighted by atomic mass is 79.9. The minimum atomic E-state index is 0.200. The molecule has 0 atom stereocenters. The predicted molar refractivity (Wildman–Crippen MR) is 84.6 cm³/mol. The number of phenolic OH excluding ortho intramolecular Hbond substituents is 1. The van der Waals surface area contributed by atoms with Gasteiger partial charge in [0.2, 0.25) is 0 Å². The average Bonchev–Trinajstić information content (AvgIpc) is 2.37. The van der Waals surface area contributed by atoms with Crippen LogP contribution in [0.15, 0.2) is 34.8 Å². The van der Waals surface area contributed by atoms with Crippen LogP contribution >= 0.6 is 50.7 Å². The van der Waals surface area contributed by atoms with E-state index >= 15 is 0 Å². The molecule has 0 aliphatic heterocycles. The van der Waals surface area contributed by atoms with E-state index in [-0.39, 0.29) is 5.75 Å².